The summed E-state index contributed by atoms with van der Waals surface area (Å²) in [6.45, 7) is 1.68. The van der Waals surface area contributed by atoms with Crippen LogP contribution >= 0.6 is 11.6 Å². The number of benzene rings is 1. The van der Waals surface area contributed by atoms with Crippen LogP contribution in [0.3, 0.4) is 0 Å². The molecule has 1 aliphatic heterocycles. The number of carbonyl (C=O) groups excluding carboxylic acids is 2. The summed E-state index contributed by atoms with van der Waals surface area (Å²) in [5, 5.41) is 15.7. The van der Waals surface area contributed by atoms with E-state index in [4.69, 9.17) is 16.3 Å². The number of carbonyl (C=O) groups is 2. The molecule has 0 bridgehead atoms. The zero-order chi connectivity index (χ0) is 17.5. The van der Waals surface area contributed by atoms with Gasteiger partial charge in [0.05, 0.1) is 25.2 Å². The molecule has 0 unspecified atom stereocenters. The maximum Gasteiger partial charge on any atom is 0.222 e. The van der Waals surface area contributed by atoms with Gasteiger partial charge in [-0.15, -0.1) is 0 Å². The van der Waals surface area contributed by atoms with Crippen LogP contribution in [0, 0.1) is 0 Å². The van der Waals surface area contributed by atoms with Crippen molar-refractivity contribution in [3.8, 4) is 0 Å². The van der Waals surface area contributed by atoms with E-state index < -0.39 is 6.10 Å². The molecule has 1 saturated heterocycles. The number of aliphatic hydroxyl groups is 1. The second kappa shape index (κ2) is 9.01. The predicted molar refractivity (Wildman–Crippen MR) is 90.5 cm³/mol. The van der Waals surface area contributed by atoms with Crippen LogP contribution in [0.1, 0.15) is 31.7 Å². The molecule has 1 aromatic carbocycles. The van der Waals surface area contributed by atoms with Crippen LogP contribution in [0.25, 0.3) is 0 Å². The summed E-state index contributed by atoms with van der Waals surface area (Å²) in [6.07, 6.45) is 0.848. The Bertz CT molecular complexity index is 564. The van der Waals surface area contributed by atoms with Crippen molar-refractivity contribution >= 4 is 23.4 Å². The topological polar surface area (TPSA) is 87.7 Å². The zero-order valence-electron chi connectivity index (χ0n) is 13.6. The highest BCUT2D eigenvalue weighted by Gasteiger charge is 2.32. The summed E-state index contributed by atoms with van der Waals surface area (Å²) >= 11 is 5.82. The molecule has 1 aliphatic rings. The van der Waals surface area contributed by atoms with Gasteiger partial charge in [0.15, 0.2) is 0 Å². The van der Waals surface area contributed by atoms with Crippen molar-refractivity contribution in [1.29, 1.82) is 0 Å². The van der Waals surface area contributed by atoms with E-state index in [2.05, 4.69) is 10.6 Å². The molecule has 24 heavy (non-hydrogen) atoms. The predicted octanol–water partition coefficient (Wildman–Crippen LogP) is 1.39. The van der Waals surface area contributed by atoms with Crippen molar-refractivity contribution < 1.29 is 19.4 Å². The van der Waals surface area contributed by atoms with Crippen molar-refractivity contribution in [2.24, 2.45) is 0 Å². The molecule has 0 spiro atoms. The Kier molecular flexibility index (Phi) is 7.02. The Labute approximate surface area is 146 Å². The van der Waals surface area contributed by atoms with E-state index in [9.17, 15) is 14.7 Å². The van der Waals surface area contributed by atoms with Crippen molar-refractivity contribution in [3.63, 3.8) is 0 Å². The summed E-state index contributed by atoms with van der Waals surface area (Å²) in [7, 11) is 0. The minimum atomic E-state index is -0.475. The Morgan fingerprint density at radius 1 is 1.29 bits per heavy atom. The minimum absolute atomic E-state index is 0.107. The second-order valence-electron chi connectivity index (χ2n) is 5.97. The van der Waals surface area contributed by atoms with Gasteiger partial charge in [-0.1, -0.05) is 23.7 Å². The lowest BCUT2D eigenvalue weighted by Crippen LogP contribution is -2.51. The van der Waals surface area contributed by atoms with E-state index >= 15 is 0 Å². The Morgan fingerprint density at radius 3 is 2.62 bits per heavy atom. The first-order valence-electron chi connectivity index (χ1n) is 8.02. The molecule has 3 N–H and O–H groups in total. The van der Waals surface area contributed by atoms with Gasteiger partial charge in [0, 0.05) is 18.5 Å². The third-order valence-electron chi connectivity index (χ3n) is 4.00. The molecule has 0 aliphatic carbocycles. The van der Waals surface area contributed by atoms with Gasteiger partial charge in [-0.25, -0.2) is 0 Å². The van der Waals surface area contributed by atoms with E-state index in [1.807, 2.05) is 12.1 Å². The second-order valence-corrected chi connectivity index (χ2v) is 6.41. The van der Waals surface area contributed by atoms with E-state index in [0.29, 0.717) is 24.4 Å². The smallest absolute Gasteiger partial charge is 0.222 e. The number of hydrogen-bond donors (Lipinski definition) is 3. The molecule has 0 radical (unpaired) electrons. The molecular weight excluding hydrogens is 332 g/mol. The normalized spacial score (nSPS) is 23.5. The van der Waals surface area contributed by atoms with Crippen LogP contribution in [0.2, 0.25) is 5.02 Å². The molecular formula is C17H23ClN2O4. The first-order valence-corrected chi connectivity index (χ1v) is 8.40. The summed E-state index contributed by atoms with van der Waals surface area (Å²) in [5.41, 5.74) is 0.969. The van der Waals surface area contributed by atoms with Crippen LogP contribution in [0.5, 0.6) is 0 Å². The maximum absolute atomic E-state index is 12.1. The number of ether oxygens (including phenoxy) is 1. The van der Waals surface area contributed by atoms with Gasteiger partial charge in [0.1, 0.15) is 6.10 Å². The first-order chi connectivity index (χ1) is 11.5. The average molecular weight is 355 g/mol. The molecule has 7 heteroatoms. The van der Waals surface area contributed by atoms with Gasteiger partial charge < -0.3 is 20.5 Å². The fourth-order valence-corrected chi connectivity index (χ4v) is 2.92. The van der Waals surface area contributed by atoms with Crippen molar-refractivity contribution in [2.45, 2.75) is 51.0 Å². The molecule has 6 nitrogen and oxygen atoms in total. The Hall–Kier alpha value is -1.63. The van der Waals surface area contributed by atoms with Gasteiger partial charge in [0.25, 0.3) is 0 Å². The molecule has 2 rings (SSSR count). The van der Waals surface area contributed by atoms with Crippen LogP contribution in [0.15, 0.2) is 24.3 Å². The largest absolute Gasteiger partial charge is 0.394 e. The molecule has 1 aromatic rings. The lowest BCUT2D eigenvalue weighted by atomic mass is 9.97. The lowest BCUT2D eigenvalue weighted by molar-refractivity contribution is -0.135. The quantitative estimate of drug-likeness (QED) is 0.720. The van der Waals surface area contributed by atoms with E-state index in [1.54, 1.807) is 12.1 Å². The maximum atomic E-state index is 12.1. The summed E-state index contributed by atoms with van der Waals surface area (Å²) in [5.74, 6) is -0.258. The average Bonchev–Trinajstić information content (AvgIpc) is 2.55. The Balaban J connectivity index is 1.77. The van der Waals surface area contributed by atoms with Crippen LogP contribution in [-0.4, -0.2) is 41.8 Å². The standard InChI is InChI=1S/C17H23ClN2O4/c1-11(22)20-15-7-6-14(24-16(15)10-21)8-17(23)19-9-12-2-4-13(18)5-3-12/h2-5,14-16,21H,6-10H2,1H3,(H,19,23)(H,20,22)/t14-,15+,16+/m1/s1. The zero-order valence-corrected chi connectivity index (χ0v) is 14.4. The fraction of sp³-hybridized carbons (Fsp3) is 0.529. The number of rotatable bonds is 6. The van der Waals surface area contributed by atoms with Crippen molar-refractivity contribution in [2.75, 3.05) is 6.61 Å². The number of hydrogen-bond acceptors (Lipinski definition) is 4. The highest BCUT2D eigenvalue weighted by atomic mass is 35.5. The molecule has 3 atom stereocenters. The highest BCUT2D eigenvalue weighted by Crippen LogP contribution is 2.22. The SMILES string of the molecule is CC(=O)N[C@H]1CC[C@H](CC(=O)NCc2ccc(Cl)cc2)O[C@H]1CO. The van der Waals surface area contributed by atoms with Crippen LogP contribution < -0.4 is 10.6 Å². The van der Waals surface area contributed by atoms with E-state index in [-0.39, 0.29) is 37.0 Å². The third kappa shape index (κ3) is 5.78. The van der Waals surface area contributed by atoms with Gasteiger partial charge in [0.2, 0.25) is 11.8 Å². The van der Waals surface area contributed by atoms with Gasteiger partial charge >= 0.3 is 0 Å². The third-order valence-corrected chi connectivity index (χ3v) is 4.25. The Morgan fingerprint density at radius 2 is 2.00 bits per heavy atom. The first kappa shape index (κ1) is 18.7. The molecule has 132 valence electrons. The van der Waals surface area contributed by atoms with Crippen molar-refractivity contribution in [1.82, 2.24) is 10.6 Å². The van der Waals surface area contributed by atoms with E-state index in [1.165, 1.54) is 6.92 Å². The number of halogens is 1. The van der Waals surface area contributed by atoms with Gasteiger partial charge in [-0.05, 0) is 30.5 Å². The number of aliphatic hydroxyl groups excluding tert-OH is 1. The monoisotopic (exact) mass is 354 g/mol. The fourth-order valence-electron chi connectivity index (χ4n) is 2.79. The van der Waals surface area contributed by atoms with Crippen LogP contribution in [-0.2, 0) is 20.9 Å². The minimum Gasteiger partial charge on any atom is -0.394 e. The summed E-state index contributed by atoms with van der Waals surface area (Å²) in [6, 6.07) is 7.07. The lowest BCUT2D eigenvalue weighted by Gasteiger charge is -2.35. The summed E-state index contributed by atoms with van der Waals surface area (Å²) < 4.78 is 5.74. The van der Waals surface area contributed by atoms with Crippen molar-refractivity contribution in [3.05, 3.63) is 34.9 Å². The van der Waals surface area contributed by atoms with Crippen LogP contribution in [0.4, 0.5) is 0 Å². The van der Waals surface area contributed by atoms with Gasteiger partial charge in [-0.3, -0.25) is 9.59 Å². The molecule has 1 heterocycles. The van der Waals surface area contributed by atoms with E-state index in [0.717, 1.165) is 5.56 Å². The number of amides is 2. The highest BCUT2D eigenvalue weighted by molar-refractivity contribution is 6.30. The molecule has 0 saturated carbocycles. The molecule has 2 amide bonds. The number of nitrogens with one attached hydrogen (secondary N) is 2. The summed E-state index contributed by atoms with van der Waals surface area (Å²) in [4.78, 5) is 23.2. The van der Waals surface area contributed by atoms with Gasteiger partial charge in [-0.2, -0.15) is 0 Å². The molecule has 0 aromatic heterocycles. The molecule has 1 fully saturated rings.